The number of amides is 1. The van der Waals surface area contributed by atoms with Gasteiger partial charge in [0.25, 0.3) is 0 Å². The van der Waals surface area contributed by atoms with E-state index in [0.29, 0.717) is 11.4 Å². The number of hydrogen-bond acceptors (Lipinski definition) is 3. The van der Waals surface area contributed by atoms with Crippen molar-refractivity contribution in [1.29, 1.82) is 0 Å². The molecule has 2 aromatic carbocycles. The van der Waals surface area contributed by atoms with E-state index >= 15 is 0 Å². The highest BCUT2D eigenvalue weighted by atomic mass is 16.5. The maximum atomic E-state index is 12.5. The number of anilines is 1. The van der Waals surface area contributed by atoms with E-state index in [-0.39, 0.29) is 11.9 Å². The van der Waals surface area contributed by atoms with E-state index in [1.165, 1.54) is 11.1 Å². The SMILES string of the molecule is COc1ccccc1NC(=O)C(C)N(C)Cc1ccccc1C. The molecule has 0 radical (unpaired) electrons. The highest BCUT2D eigenvalue weighted by Gasteiger charge is 2.19. The molecule has 0 saturated heterocycles. The van der Waals surface area contributed by atoms with Gasteiger partial charge in [-0.05, 0) is 44.2 Å². The zero-order chi connectivity index (χ0) is 16.8. The van der Waals surface area contributed by atoms with Gasteiger partial charge in [-0.2, -0.15) is 0 Å². The lowest BCUT2D eigenvalue weighted by Crippen LogP contribution is -2.39. The number of ether oxygens (including phenoxy) is 1. The molecule has 2 rings (SSSR count). The molecule has 0 aromatic heterocycles. The summed E-state index contributed by atoms with van der Waals surface area (Å²) >= 11 is 0. The van der Waals surface area contributed by atoms with Crippen molar-refractivity contribution in [3.8, 4) is 5.75 Å². The van der Waals surface area contributed by atoms with Crippen LogP contribution in [-0.4, -0.2) is 31.0 Å². The van der Waals surface area contributed by atoms with Crippen molar-refractivity contribution >= 4 is 11.6 Å². The average Bonchev–Trinajstić information content (AvgIpc) is 2.56. The van der Waals surface area contributed by atoms with Gasteiger partial charge in [-0.3, -0.25) is 9.69 Å². The lowest BCUT2D eigenvalue weighted by Gasteiger charge is -2.25. The van der Waals surface area contributed by atoms with Gasteiger partial charge < -0.3 is 10.1 Å². The maximum absolute atomic E-state index is 12.5. The van der Waals surface area contributed by atoms with Gasteiger partial charge >= 0.3 is 0 Å². The van der Waals surface area contributed by atoms with Crippen molar-refractivity contribution in [1.82, 2.24) is 4.90 Å². The molecule has 122 valence electrons. The minimum absolute atomic E-state index is 0.0504. The molecule has 1 N–H and O–H groups in total. The van der Waals surface area contributed by atoms with Crippen LogP contribution in [0, 0.1) is 6.92 Å². The summed E-state index contributed by atoms with van der Waals surface area (Å²) in [7, 11) is 3.55. The fourth-order valence-electron chi connectivity index (χ4n) is 2.38. The van der Waals surface area contributed by atoms with Crippen molar-refractivity contribution in [2.75, 3.05) is 19.5 Å². The van der Waals surface area contributed by atoms with Crippen LogP contribution in [0.5, 0.6) is 5.75 Å². The van der Waals surface area contributed by atoms with Gasteiger partial charge in [-0.15, -0.1) is 0 Å². The van der Waals surface area contributed by atoms with Gasteiger partial charge in [0.15, 0.2) is 0 Å². The Balaban J connectivity index is 2.03. The molecular weight excluding hydrogens is 288 g/mol. The van der Waals surface area contributed by atoms with Crippen molar-refractivity contribution in [2.24, 2.45) is 0 Å². The third kappa shape index (κ3) is 4.33. The predicted molar refractivity (Wildman–Crippen MR) is 93.7 cm³/mol. The van der Waals surface area contributed by atoms with E-state index in [0.717, 1.165) is 6.54 Å². The van der Waals surface area contributed by atoms with Crippen LogP contribution in [0.25, 0.3) is 0 Å². The van der Waals surface area contributed by atoms with Crippen LogP contribution >= 0.6 is 0 Å². The quantitative estimate of drug-likeness (QED) is 0.888. The number of aryl methyl sites for hydroxylation is 1. The fraction of sp³-hybridized carbons (Fsp3) is 0.316. The summed E-state index contributed by atoms with van der Waals surface area (Å²) in [5.74, 6) is 0.611. The number of carbonyl (C=O) groups is 1. The van der Waals surface area contributed by atoms with Gasteiger partial charge in [0.2, 0.25) is 5.91 Å². The Hall–Kier alpha value is -2.33. The van der Waals surface area contributed by atoms with Crippen LogP contribution in [0.4, 0.5) is 5.69 Å². The van der Waals surface area contributed by atoms with Crippen molar-refractivity contribution in [2.45, 2.75) is 26.4 Å². The van der Waals surface area contributed by atoms with Crippen LogP contribution in [0.15, 0.2) is 48.5 Å². The molecule has 2 aromatic rings. The van der Waals surface area contributed by atoms with Crippen LogP contribution in [0.3, 0.4) is 0 Å². The lowest BCUT2D eigenvalue weighted by molar-refractivity contribution is -0.120. The number of nitrogens with zero attached hydrogens (tertiary/aromatic N) is 1. The summed E-state index contributed by atoms with van der Waals surface area (Å²) in [6.45, 7) is 4.72. The largest absolute Gasteiger partial charge is 0.495 e. The van der Waals surface area contributed by atoms with E-state index < -0.39 is 0 Å². The molecule has 0 saturated carbocycles. The topological polar surface area (TPSA) is 41.6 Å². The Morgan fingerprint density at radius 3 is 2.52 bits per heavy atom. The van der Waals surface area contributed by atoms with Crippen molar-refractivity contribution < 1.29 is 9.53 Å². The third-order valence-electron chi connectivity index (χ3n) is 4.09. The molecule has 1 amide bonds. The van der Waals surface area contributed by atoms with Gasteiger partial charge in [-0.25, -0.2) is 0 Å². The summed E-state index contributed by atoms with van der Waals surface area (Å²) < 4.78 is 5.27. The fourth-order valence-corrected chi connectivity index (χ4v) is 2.38. The number of rotatable bonds is 6. The summed E-state index contributed by atoms with van der Waals surface area (Å²) in [4.78, 5) is 14.5. The normalized spacial score (nSPS) is 12.0. The van der Waals surface area contributed by atoms with Gasteiger partial charge in [0, 0.05) is 6.54 Å². The average molecular weight is 312 g/mol. The molecule has 4 heteroatoms. The maximum Gasteiger partial charge on any atom is 0.241 e. The first-order valence-electron chi connectivity index (χ1n) is 7.71. The molecule has 1 atom stereocenters. The van der Waals surface area contributed by atoms with Crippen LogP contribution in [0.2, 0.25) is 0 Å². The molecular formula is C19H24N2O2. The van der Waals surface area contributed by atoms with Crippen molar-refractivity contribution in [3.63, 3.8) is 0 Å². The molecule has 0 aliphatic heterocycles. The summed E-state index contributed by atoms with van der Waals surface area (Å²) in [5, 5.41) is 2.94. The molecule has 0 aliphatic rings. The third-order valence-corrected chi connectivity index (χ3v) is 4.09. The van der Waals surface area contributed by atoms with E-state index in [1.807, 2.05) is 55.3 Å². The van der Waals surface area contributed by atoms with Crippen LogP contribution in [-0.2, 0) is 11.3 Å². The highest BCUT2D eigenvalue weighted by Crippen LogP contribution is 2.23. The second-order valence-electron chi connectivity index (χ2n) is 5.71. The number of nitrogens with one attached hydrogen (secondary N) is 1. The molecule has 0 spiro atoms. The monoisotopic (exact) mass is 312 g/mol. The molecule has 1 unspecified atom stereocenters. The highest BCUT2D eigenvalue weighted by molar-refractivity contribution is 5.95. The second-order valence-corrected chi connectivity index (χ2v) is 5.71. The Labute approximate surface area is 138 Å². The van der Waals surface area contributed by atoms with Crippen molar-refractivity contribution in [3.05, 3.63) is 59.7 Å². The molecule has 4 nitrogen and oxygen atoms in total. The van der Waals surface area contributed by atoms with E-state index in [9.17, 15) is 4.79 Å². The van der Waals surface area contributed by atoms with Crippen LogP contribution in [0.1, 0.15) is 18.1 Å². The minimum Gasteiger partial charge on any atom is -0.495 e. The Morgan fingerprint density at radius 1 is 1.17 bits per heavy atom. The minimum atomic E-state index is -0.250. The smallest absolute Gasteiger partial charge is 0.241 e. The van der Waals surface area contributed by atoms with E-state index in [2.05, 4.69) is 24.4 Å². The number of para-hydroxylation sites is 2. The number of methoxy groups -OCH3 is 1. The number of benzene rings is 2. The van der Waals surface area contributed by atoms with Gasteiger partial charge in [0.1, 0.15) is 5.75 Å². The number of carbonyl (C=O) groups excluding carboxylic acids is 1. The first-order valence-corrected chi connectivity index (χ1v) is 7.71. The van der Waals surface area contributed by atoms with Gasteiger partial charge in [0.05, 0.1) is 18.8 Å². The first kappa shape index (κ1) is 17.0. The Kier molecular flexibility index (Phi) is 5.77. The molecule has 0 heterocycles. The summed E-state index contributed by atoms with van der Waals surface area (Å²) in [5.41, 5.74) is 3.15. The lowest BCUT2D eigenvalue weighted by atomic mass is 10.1. The zero-order valence-electron chi connectivity index (χ0n) is 14.2. The Morgan fingerprint density at radius 2 is 1.83 bits per heavy atom. The van der Waals surface area contributed by atoms with E-state index in [1.54, 1.807) is 7.11 Å². The molecule has 0 fully saturated rings. The second kappa shape index (κ2) is 7.79. The molecule has 0 aliphatic carbocycles. The molecule has 0 bridgehead atoms. The molecule has 23 heavy (non-hydrogen) atoms. The first-order chi connectivity index (χ1) is 11.0. The standard InChI is InChI=1S/C19H24N2O2/c1-14-9-5-6-10-16(14)13-21(3)15(2)19(22)20-17-11-7-8-12-18(17)23-4/h5-12,15H,13H2,1-4H3,(H,20,22). The predicted octanol–water partition coefficient (Wildman–Crippen LogP) is 3.46. The summed E-state index contributed by atoms with van der Waals surface area (Å²) in [6, 6.07) is 15.4. The number of likely N-dealkylation sites (N-methyl/N-ethyl adjacent to an activating group) is 1. The number of hydrogen-bond donors (Lipinski definition) is 1. The van der Waals surface area contributed by atoms with Crippen LogP contribution < -0.4 is 10.1 Å². The van der Waals surface area contributed by atoms with Gasteiger partial charge in [-0.1, -0.05) is 36.4 Å². The zero-order valence-corrected chi connectivity index (χ0v) is 14.2. The van der Waals surface area contributed by atoms with E-state index in [4.69, 9.17) is 4.74 Å². The summed E-state index contributed by atoms with van der Waals surface area (Å²) in [6.07, 6.45) is 0. The Bertz CT molecular complexity index is 670.